The van der Waals surface area contributed by atoms with Gasteiger partial charge in [-0.05, 0) is 48.4 Å². The normalized spacial score (nSPS) is 14.1. The zero-order valence-electron chi connectivity index (χ0n) is 19.1. The van der Waals surface area contributed by atoms with Crippen molar-refractivity contribution < 1.29 is 14.3 Å². The molecule has 0 aromatic heterocycles. The van der Waals surface area contributed by atoms with Gasteiger partial charge in [0, 0.05) is 60.6 Å². The van der Waals surface area contributed by atoms with Crippen molar-refractivity contribution >= 4 is 52.5 Å². The Morgan fingerprint density at radius 1 is 1.09 bits per heavy atom. The van der Waals surface area contributed by atoms with Crippen molar-refractivity contribution in [3.05, 3.63) is 58.1 Å². The Hall–Kier alpha value is -2.70. The number of piperazine rings is 1. The Morgan fingerprint density at radius 3 is 2.36 bits per heavy atom. The van der Waals surface area contributed by atoms with E-state index in [0.29, 0.717) is 39.4 Å². The Bertz CT molecular complexity index is 1010. The van der Waals surface area contributed by atoms with Crippen LogP contribution in [0.1, 0.15) is 25.8 Å². The summed E-state index contributed by atoms with van der Waals surface area (Å²) in [7, 11) is 1.51. The molecule has 1 fully saturated rings. The average molecular weight is 490 g/mol. The number of anilines is 2. The zero-order valence-corrected chi connectivity index (χ0v) is 20.6. The lowest BCUT2D eigenvalue weighted by atomic mass is 10.1. The van der Waals surface area contributed by atoms with Gasteiger partial charge in [0.15, 0.2) is 0 Å². The van der Waals surface area contributed by atoms with Gasteiger partial charge in [-0.2, -0.15) is 0 Å². The number of nitrogens with zero attached hydrogens (tertiary/aromatic N) is 2. The van der Waals surface area contributed by atoms with Gasteiger partial charge in [0.25, 0.3) is 0 Å². The van der Waals surface area contributed by atoms with E-state index >= 15 is 0 Å². The largest absolute Gasteiger partial charge is 0.495 e. The second-order valence-corrected chi connectivity index (χ2v) is 9.19. The van der Waals surface area contributed by atoms with Crippen molar-refractivity contribution in [3.8, 4) is 5.75 Å². The van der Waals surface area contributed by atoms with Crippen LogP contribution in [0.3, 0.4) is 0 Å². The molecule has 1 N–H and O–H groups in total. The van der Waals surface area contributed by atoms with Crippen LogP contribution in [-0.4, -0.2) is 50.0 Å². The summed E-state index contributed by atoms with van der Waals surface area (Å²) in [5.74, 6) is 0.783. The standard InChI is InChI=1S/C25H29Cl2N3O3/c1-17(2)14-24(32)30-12-10-29(11-13-30)21-7-5-20(6-8-21)28-23(31)9-4-18-15-19(26)16-22(27)25(18)33-3/h4-9,15-17H,10-14H2,1-3H3,(H,28,31)/b9-4+. The van der Waals surface area contributed by atoms with Gasteiger partial charge in [-0.1, -0.05) is 37.0 Å². The Morgan fingerprint density at radius 2 is 1.76 bits per heavy atom. The van der Waals surface area contributed by atoms with Gasteiger partial charge in [-0.15, -0.1) is 0 Å². The van der Waals surface area contributed by atoms with Gasteiger partial charge in [0.1, 0.15) is 5.75 Å². The van der Waals surface area contributed by atoms with Crippen LogP contribution in [0.5, 0.6) is 5.75 Å². The molecular weight excluding hydrogens is 461 g/mol. The zero-order chi connectivity index (χ0) is 24.0. The molecule has 2 aromatic carbocycles. The predicted molar refractivity (Wildman–Crippen MR) is 135 cm³/mol. The van der Waals surface area contributed by atoms with E-state index in [9.17, 15) is 9.59 Å². The summed E-state index contributed by atoms with van der Waals surface area (Å²) >= 11 is 12.2. The molecule has 33 heavy (non-hydrogen) atoms. The average Bonchev–Trinajstić information content (AvgIpc) is 2.77. The monoisotopic (exact) mass is 489 g/mol. The van der Waals surface area contributed by atoms with Gasteiger partial charge < -0.3 is 19.9 Å². The van der Waals surface area contributed by atoms with Gasteiger partial charge >= 0.3 is 0 Å². The molecule has 0 saturated carbocycles. The number of carbonyl (C=O) groups excluding carboxylic acids is 2. The molecule has 1 saturated heterocycles. The third kappa shape index (κ3) is 6.89. The van der Waals surface area contributed by atoms with Crippen molar-refractivity contribution in [3.63, 3.8) is 0 Å². The summed E-state index contributed by atoms with van der Waals surface area (Å²) in [6.07, 6.45) is 3.62. The molecule has 176 valence electrons. The summed E-state index contributed by atoms with van der Waals surface area (Å²) in [5.41, 5.74) is 2.37. The van der Waals surface area contributed by atoms with Crippen molar-refractivity contribution in [1.29, 1.82) is 0 Å². The van der Waals surface area contributed by atoms with E-state index in [1.165, 1.54) is 13.2 Å². The van der Waals surface area contributed by atoms with E-state index < -0.39 is 0 Å². The molecule has 8 heteroatoms. The number of benzene rings is 2. The van der Waals surface area contributed by atoms with Crippen LogP contribution in [0.2, 0.25) is 10.0 Å². The second kappa shape index (κ2) is 11.4. The number of hydrogen-bond acceptors (Lipinski definition) is 4. The van der Waals surface area contributed by atoms with Crippen molar-refractivity contribution in [2.75, 3.05) is 43.5 Å². The fourth-order valence-corrected chi connectivity index (χ4v) is 4.30. The highest BCUT2D eigenvalue weighted by Gasteiger charge is 2.21. The number of carbonyl (C=O) groups is 2. The molecule has 0 unspecified atom stereocenters. The number of hydrogen-bond donors (Lipinski definition) is 1. The highest BCUT2D eigenvalue weighted by atomic mass is 35.5. The van der Waals surface area contributed by atoms with Gasteiger partial charge in [-0.25, -0.2) is 0 Å². The van der Waals surface area contributed by atoms with E-state index in [1.807, 2.05) is 29.2 Å². The van der Waals surface area contributed by atoms with Crippen LogP contribution in [0.25, 0.3) is 6.08 Å². The maximum atomic E-state index is 12.4. The molecule has 3 rings (SSSR count). The molecule has 0 bridgehead atoms. The van der Waals surface area contributed by atoms with Crippen molar-refractivity contribution in [1.82, 2.24) is 4.90 Å². The van der Waals surface area contributed by atoms with Gasteiger partial charge in [-0.3, -0.25) is 9.59 Å². The van der Waals surface area contributed by atoms with Crippen molar-refractivity contribution in [2.24, 2.45) is 5.92 Å². The van der Waals surface area contributed by atoms with Crippen LogP contribution >= 0.6 is 23.2 Å². The molecule has 2 aromatic rings. The Labute approximate surface area is 205 Å². The molecule has 0 aliphatic carbocycles. The summed E-state index contributed by atoms with van der Waals surface area (Å²) in [5, 5.41) is 3.69. The first-order valence-corrected chi connectivity index (χ1v) is 11.7. The topological polar surface area (TPSA) is 61.9 Å². The summed E-state index contributed by atoms with van der Waals surface area (Å²) in [6.45, 7) is 7.17. The molecule has 1 heterocycles. The molecule has 0 atom stereocenters. The van der Waals surface area contributed by atoms with Gasteiger partial charge in [0.2, 0.25) is 11.8 Å². The SMILES string of the molecule is COc1c(Cl)cc(Cl)cc1/C=C/C(=O)Nc1ccc(N2CCN(C(=O)CC(C)C)CC2)cc1. The minimum atomic E-state index is -0.279. The van der Waals surface area contributed by atoms with Crippen LogP contribution in [0.4, 0.5) is 11.4 Å². The minimum Gasteiger partial charge on any atom is -0.495 e. The van der Waals surface area contributed by atoms with E-state index in [2.05, 4.69) is 24.1 Å². The first kappa shape index (κ1) is 24.9. The molecule has 1 aliphatic rings. The molecule has 0 radical (unpaired) electrons. The van der Waals surface area contributed by atoms with E-state index in [1.54, 1.807) is 18.2 Å². The number of methoxy groups -OCH3 is 1. The highest BCUT2D eigenvalue weighted by molar-refractivity contribution is 6.36. The minimum absolute atomic E-state index is 0.230. The first-order valence-electron chi connectivity index (χ1n) is 10.9. The van der Waals surface area contributed by atoms with E-state index in [4.69, 9.17) is 27.9 Å². The lowest BCUT2D eigenvalue weighted by Gasteiger charge is -2.36. The highest BCUT2D eigenvalue weighted by Crippen LogP contribution is 2.33. The molecule has 2 amide bonds. The fourth-order valence-electron chi connectivity index (χ4n) is 3.72. The number of halogens is 2. The molecular formula is C25H29Cl2N3O3. The molecule has 0 spiro atoms. The lowest BCUT2D eigenvalue weighted by molar-refractivity contribution is -0.132. The van der Waals surface area contributed by atoms with E-state index in [-0.39, 0.29) is 11.8 Å². The third-order valence-corrected chi connectivity index (χ3v) is 5.87. The number of amides is 2. The summed E-state index contributed by atoms with van der Waals surface area (Å²) in [4.78, 5) is 28.8. The quantitative estimate of drug-likeness (QED) is 0.532. The maximum absolute atomic E-state index is 12.4. The predicted octanol–water partition coefficient (Wildman–Crippen LogP) is 5.35. The number of nitrogens with one attached hydrogen (secondary N) is 1. The number of ether oxygens (including phenoxy) is 1. The van der Waals surface area contributed by atoms with E-state index in [0.717, 1.165) is 31.9 Å². The molecule has 6 nitrogen and oxygen atoms in total. The third-order valence-electron chi connectivity index (χ3n) is 5.37. The first-order chi connectivity index (χ1) is 15.8. The van der Waals surface area contributed by atoms with Crippen LogP contribution in [-0.2, 0) is 9.59 Å². The fraction of sp³-hybridized carbons (Fsp3) is 0.360. The maximum Gasteiger partial charge on any atom is 0.248 e. The summed E-state index contributed by atoms with van der Waals surface area (Å²) in [6, 6.07) is 11.0. The number of rotatable bonds is 7. The smallest absolute Gasteiger partial charge is 0.248 e. The van der Waals surface area contributed by atoms with Crippen LogP contribution in [0, 0.1) is 5.92 Å². The van der Waals surface area contributed by atoms with Gasteiger partial charge in [0.05, 0.1) is 12.1 Å². The van der Waals surface area contributed by atoms with Crippen LogP contribution < -0.4 is 15.0 Å². The molecule has 1 aliphatic heterocycles. The Kier molecular flexibility index (Phi) is 8.64. The second-order valence-electron chi connectivity index (χ2n) is 8.35. The van der Waals surface area contributed by atoms with Crippen LogP contribution in [0.15, 0.2) is 42.5 Å². The van der Waals surface area contributed by atoms with Crippen molar-refractivity contribution in [2.45, 2.75) is 20.3 Å². The Balaban J connectivity index is 1.55. The summed E-state index contributed by atoms with van der Waals surface area (Å²) < 4.78 is 5.29. The lowest BCUT2D eigenvalue weighted by Crippen LogP contribution is -2.49.